The Balaban J connectivity index is 1.17. The fraction of sp³-hybridized carbons (Fsp3) is 0.255. The first-order valence-electron chi connectivity index (χ1n) is 20.2. The summed E-state index contributed by atoms with van der Waals surface area (Å²) in [6, 6.07) is 20.4. The molecule has 1 aliphatic rings. The van der Waals surface area contributed by atoms with E-state index in [-0.39, 0.29) is 34.7 Å². The predicted molar refractivity (Wildman–Crippen MR) is 245 cm³/mol. The molecular formula is C47H43Cl2FN6O7S. The molecule has 0 bridgehead atoms. The van der Waals surface area contributed by atoms with E-state index in [4.69, 9.17) is 47.1 Å². The van der Waals surface area contributed by atoms with Crippen molar-refractivity contribution in [1.29, 1.82) is 0 Å². The van der Waals surface area contributed by atoms with Gasteiger partial charge in [0.05, 0.1) is 33.8 Å². The average Bonchev–Trinajstić information content (AvgIpc) is 3.69. The third-order valence-corrected chi connectivity index (χ3v) is 13.1. The van der Waals surface area contributed by atoms with E-state index in [9.17, 15) is 19.4 Å². The topological polar surface area (TPSA) is 152 Å². The molecule has 1 fully saturated rings. The Labute approximate surface area is 382 Å². The van der Waals surface area contributed by atoms with Crippen LogP contribution in [0.25, 0.3) is 43.2 Å². The first-order valence-corrected chi connectivity index (χ1v) is 21.8. The van der Waals surface area contributed by atoms with E-state index in [0.29, 0.717) is 84.0 Å². The molecule has 0 radical (unpaired) electrons. The minimum Gasteiger partial charge on any atom is -0.505 e. The maximum absolute atomic E-state index is 14.2. The van der Waals surface area contributed by atoms with Crippen LogP contribution in [-0.4, -0.2) is 99.1 Å². The zero-order valence-corrected chi connectivity index (χ0v) is 37.6. The third kappa shape index (κ3) is 9.40. The number of carboxylic acids is 1. The number of rotatable bonds is 15. The fourth-order valence-corrected chi connectivity index (χ4v) is 9.13. The van der Waals surface area contributed by atoms with Crippen molar-refractivity contribution in [3.63, 3.8) is 0 Å². The lowest BCUT2D eigenvalue weighted by atomic mass is 9.92. The number of methoxy groups -OCH3 is 1. The number of piperazine rings is 1. The molecule has 64 heavy (non-hydrogen) atoms. The molecule has 7 aromatic rings. The molecule has 4 heterocycles. The highest BCUT2D eigenvalue weighted by Crippen LogP contribution is 2.52. The predicted octanol–water partition coefficient (Wildman–Crippen LogP) is 9.50. The highest BCUT2D eigenvalue weighted by Gasteiger charge is 2.30. The molecule has 0 unspecified atom stereocenters. The monoisotopic (exact) mass is 924 g/mol. The highest BCUT2D eigenvalue weighted by molar-refractivity contribution is 7.22. The van der Waals surface area contributed by atoms with Crippen molar-refractivity contribution in [3.05, 3.63) is 124 Å². The van der Waals surface area contributed by atoms with E-state index in [2.05, 4.69) is 31.8 Å². The number of aliphatic carboxylic acids is 1. The second-order valence-electron chi connectivity index (χ2n) is 15.2. The lowest BCUT2D eigenvalue weighted by molar-refractivity contribution is -0.145. The Hall–Kier alpha value is -6.10. The van der Waals surface area contributed by atoms with E-state index < -0.39 is 17.9 Å². The van der Waals surface area contributed by atoms with Gasteiger partial charge in [0.2, 0.25) is 12.0 Å². The van der Waals surface area contributed by atoms with Crippen molar-refractivity contribution < 1.29 is 38.3 Å². The molecule has 0 saturated carbocycles. The van der Waals surface area contributed by atoms with Crippen LogP contribution in [0.15, 0.2) is 85.3 Å². The smallest absolute Gasteiger partial charge is 0.345 e. The zero-order chi connectivity index (χ0) is 45.1. The largest absolute Gasteiger partial charge is 0.505 e. The van der Waals surface area contributed by atoms with Gasteiger partial charge in [-0.05, 0) is 91.7 Å². The number of benzene rings is 4. The number of phenolic OH excluding ortho intramolecular Hbond substituents is 1. The van der Waals surface area contributed by atoms with Gasteiger partial charge in [0.1, 0.15) is 47.6 Å². The molecule has 13 nitrogen and oxygen atoms in total. The van der Waals surface area contributed by atoms with Crippen LogP contribution in [0.4, 0.5) is 4.39 Å². The van der Waals surface area contributed by atoms with Crippen molar-refractivity contribution in [3.8, 4) is 61.8 Å². The van der Waals surface area contributed by atoms with Crippen molar-refractivity contribution >= 4 is 50.7 Å². The van der Waals surface area contributed by atoms with Gasteiger partial charge in [0, 0.05) is 54.8 Å². The number of thiophene rings is 1. The second-order valence-corrected chi connectivity index (χ2v) is 17.0. The second kappa shape index (κ2) is 19.3. The molecule has 1 atom stereocenters. The summed E-state index contributed by atoms with van der Waals surface area (Å²) < 4.78 is 38.8. The first kappa shape index (κ1) is 44.5. The van der Waals surface area contributed by atoms with Gasteiger partial charge in [-0.2, -0.15) is 0 Å². The molecule has 17 heteroatoms. The molecule has 330 valence electrons. The number of fused-ring (bicyclic) bond motifs is 1. The maximum Gasteiger partial charge on any atom is 0.345 e. The molecule has 4 aromatic carbocycles. The van der Waals surface area contributed by atoms with Gasteiger partial charge in [-0.1, -0.05) is 47.5 Å². The van der Waals surface area contributed by atoms with Crippen molar-refractivity contribution in [2.75, 3.05) is 47.1 Å². The van der Waals surface area contributed by atoms with Crippen LogP contribution in [0.3, 0.4) is 0 Å². The lowest BCUT2D eigenvalue weighted by Crippen LogP contribution is -2.45. The normalized spacial score (nSPS) is 13.8. The highest BCUT2D eigenvalue weighted by atomic mass is 35.5. The van der Waals surface area contributed by atoms with E-state index in [1.807, 2.05) is 24.3 Å². The summed E-state index contributed by atoms with van der Waals surface area (Å²) in [6.07, 6.45) is 1.27. The summed E-state index contributed by atoms with van der Waals surface area (Å²) in [4.78, 5) is 37.1. The van der Waals surface area contributed by atoms with Crippen LogP contribution < -0.4 is 18.9 Å². The Morgan fingerprint density at radius 3 is 2.36 bits per heavy atom. The van der Waals surface area contributed by atoms with Crippen LogP contribution in [0.2, 0.25) is 10.0 Å². The number of likely N-dealkylation sites (N-methyl/N-ethyl adjacent to an activating group) is 1. The number of carboxylic acid groups (broad SMARTS) is 1. The quantitative estimate of drug-likeness (QED) is 0.101. The third-order valence-electron chi connectivity index (χ3n) is 11.0. The van der Waals surface area contributed by atoms with E-state index in [0.717, 1.165) is 31.7 Å². The number of carbonyl (C=O) groups is 1. The number of aromatic hydroxyl groups is 1. The van der Waals surface area contributed by atoms with Crippen LogP contribution in [0.1, 0.15) is 22.4 Å². The molecule has 0 aliphatic carbocycles. The van der Waals surface area contributed by atoms with E-state index >= 15 is 0 Å². The number of ether oxygens (including phenoxy) is 4. The summed E-state index contributed by atoms with van der Waals surface area (Å²) in [5, 5.41) is 22.1. The van der Waals surface area contributed by atoms with E-state index in [1.54, 1.807) is 63.6 Å². The number of nitrogens with zero attached hydrogens (tertiary/aromatic N) is 6. The summed E-state index contributed by atoms with van der Waals surface area (Å²) in [6.45, 7) is 7.38. The average molecular weight is 926 g/mol. The molecular weight excluding hydrogens is 883 g/mol. The Morgan fingerprint density at radius 1 is 0.906 bits per heavy atom. The lowest BCUT2D eigenvalue weighted by Gasteiger charge is -2.32. The minimum atomic E-state index is -1.50. The van der Waals surface area contributed by atoms with Gasteiger partial charge < -0.3 is 34.1 Å². The van der Waals surface area contributed by atoms with Gasteiger partial charge in [0.25, 0.3) is 0 Å². The maximum atomic E-state index is 14.2. The minimum absolute atomic E-state index is 0.0223. The number of halogens is 3. The Bertz CT molecular complexity index is 2810. The first-order chi connectivity index (χ1) is 30.9. The van der Waals surface area contributed by atoms with Crippen molar-refractivity contribution in [1.82, 2.24) is 29.7 Å². The van der Waals surface area contributed by atoms with Crippen molar-refractivity contribution in [2.45, 2.75) is 33.0 Å². The van der Waals surface area contributed by atoms with Gasteiger partial charge in [-0.15, -0.1) is 11.3 Å². The molecule has 0 spiro atoms. The number of aromatic nitrogens is 4. The molecule has 3 aromatic heterocycles. The fourth-order valence-electron chi connectivity index (χ4n) is 7.56. The summed E-state index contributed by atoms with van der Waals surface area (Å²) in [5.41, 5.74) is 4.53. The van der Waals surface area contributed by atoms with Crippen LogP contribution in [-0.2, 0) is 17.8 Å². The van der Waals surface area contributed by atoms with Gasteiger partial charge in [0.15, 0.2) is 11.6 Å². The van der Waals surface area contributed by atoms with Crippen LogP contribution in [0.5, 0.6) is 28.9 Å². The van der Waals surface area contributed by atoms with Gasteiger partial charge in [-0.25, -0.2) is 29.1 Å². The van der Waals surface area contributed by atoms with Crippen molar-refractivity contribution in [2.24, 2.45) is 0 Å². The van der Waals surface area contributed by atoms with Gasteiger partial charge >= 0.3 is 5.97 Å². The number of hydrogen-bond donors (Lipinski definition) is 2. The Morgan fingerprint density at radius 2 is 1.64 bits per heavy atom. The number of hydrogen-bond acceptors (Lipinski definition) is 13. The van der Waals surface area contributed by atoms with E-state index in [1.165, 1.54) is 29.8 Å². The molecule has 1 aliphatic heterocycles. The summed E-state index contributed by atoms with van der Waals surface area (Å²) in [5.74, 6) is 0.0102. The number of phenols is 1. The Kier molecular flexibility index (Phi) is 13.4. The zero-order valence-electron chi connectivity index (χ0n) is 35.3. The summed E-state index contributed by atoms with van der Waals surface area (Å²) >= 11 is 14.6. The molecule has 1 saturated heterocycles. The molecule has 0 amide bonds. The van der Waals surface area contributed by atoms with Crippen LogP contribution in [0, 0.1) is 19.7 Å². The SMILES string of the molecule is COc1ccccc1-c1nccc(COc2ccc(OCN3CCN(C)CC3)cc2C[C@H](Oc2ncnc3sc(-c4ccc(F)cc4)c(-c4c(C)c(Cl)c(O)c(Cl)c4C)c23)C(=O)O)n1. The van der Waals surface area contributed by atoms with Crippen LogP contribution >= 0.6 is 34.5 Å². The summed E-state index contributed by atoms with van der Waals surface area (Å²) in [7, 11) is 3.67. The molecule has 2 N–H and O–H groups in total. The number of para-hydroxylation sites is 1. The van der Waals surface area contributed by atoms with Gasteiger partial charge in [-0.3, -0.25) is 4.90 Å². The molecule has 8 rings (SSSR count). The standard InChI is InChI=1S/C47H43Cl2FN6O7S/c1-26-37(27(2)41(49)42(57)40(26)48)38-39-45(52-24-53-46(39)64-43(38)28-9-11-30(50)12-10-28)63-36(47(58)59)22-29-21-32(62-25-56-19-17-55(3)18-20-56)13-14-34(29)61-23-31-15-16-51-44(54-31)33-7-5-6-8-35(33)60-4/h5-16,21,24,36,57H,17-20,22-23,25H2,1-4H3,(H,58,59)/t36-/m0/s1.